The maximum Gasteiger partial charge on any atom is 0.460 e. The zero-order valence-electron chi connectivity index (χ0n) is 13.7. The topological polar surface area (TPSA) is 72.2 Å². The van der Waals surface area contributed by atoms with Crippen LogP contribution in [0.25, 0.3) is 0 Å². The van der Waals surface area contributed by atoms with E-state index in [1.807, 2.05) is 0 Å². The van der Waals surface area contributed by atoms with E-state index >= 15 is 0 Å². The van der Waals surface area contributed by atoms with Crippen LogP contribution in [0.1, 0.15) is 46.5 Å². The molecule has 0 atom stereocenters. The number of rotatable bonds is 4. The van der Waals surface area contributed by atoms with E-state index in [-0.39, 0.29) is 5.56 Å². The fourth-order valence-corrected chi connectivity index (χ4v) is 4.06. The molecule has 152 valence electrons. The van der Waals surface area contributed by atoms with E-state index in [9.17, 15) is 40.3 Å². The van der Waals surface area contributed by atoms with Gasteiger partial charge in [-0.25, -0.2) is 0 Å². The minimum atomic E-state index is -6.63. The normalized spacial score (nSPS) is 16.3. The molecule has 1 aliphatic rings. The van der Waals surface area contributed by atoms with Gasteiger partial charge in [0.15, 0.2) is 0 Å². The molecular weight excluding hydrogens is 405 g/mol. The Morgan fingerprint density at radius 3 is 2.00 bits per heavy atom. The molecule has 1 heterocycles. The van der Waals surface area contributed by atoms with Crippen molar-refractivity contribution in [1.29, 1.82) is 0 Å². The van der Waals surface area contributed by atoms with Crippen molar-refractivity contribution >= 4 is 28.2 Å². The van der Waals surface area contributed by atoms with Crippen LogP contribution in [0.3, 0.4) is 0 Å². The van der Waals surface area contributed by atoms with Gasteiger partial charge >= 0.3 is 23.9 Å². The Kier molecular flexibility index (Phi) is 5.79. The fraction of sp³-hybridized carbons (Fsp3) is 0.600. The first-order valence-electron chi connectivity index (χ1n) is 7.89. The van der Waals surface area contributed by atoms with Gasteiger partial charge in [-0.05, 0) is 31.2 Å². The summed E-state index contributed by atoms with van der Waals surface area (Å²) in [4.78, 5) is 23.8. The van der Waals surface area contributed by atoms with E-state index in [1.54, 1.807) is 0 Å². The molecule has 0 aliphatic heterocycles. The molecule has 1 aromatic rings. The number of hydrogen-bond acceptors (Lipinski definition) is 3. The van der Waals surface area contributed by atoms with Gasteiger partial charge in [0.1, 0.15) is 5.00 Å². The number of carbonyl (C=O) groups is 2. The van der Waals surface area contributed by atoms with Gasteiger partial charge in [0, 0.05) is 4.88 Å². The van der Waals surface area contributed by atoms with Crippen LogP contribution >= 0.6 is 11.3 Å². The van der Waals surface area contributed by atoms with Crippen molar-refractivity contribution in [3.63, 3.8) is 0 Å². The molecular formula is C15H15F7N2O2S. The molecule has 0 unspecified atom stereocenters. The van der Waals surface area contributed by atoms with Crippen LogP contribution in [-0.4, -0.2) is 29.8 Å². The first-order chi connectivity index (χ1) is 12.3. The molecule has 0 saturated heterocycles. The highest BCUT2D eigenvalue weighted by Crippen LogP contribution is 2.47. The number of thiophene rings is 1. The van der Waals surface area contributed by atoms with Crippen LogP contribution in [-0.2, 0) is 17.6 Å². The number of anilines is 1. The molecule has 4 nitrogen and oxygen atoms in total. The van der Waals surface area contributed by atoms with Crippen molar-refractivity contribution in [2.45, 2.75) is 56.5 Å². The molecule has 0 bridgehead atoms. The average Bonchev–Trinajstić information content (AvgIpc) is 2.82. The quantitative estimate of drug-likeness (QED) is 0.714. The lowest BCUT2D eigenvalue weighted by Gasteiger charge is -2.26. The van der Waals surface area contributed by atoms with E-state index in [2.05, 4.69) is 0 Å². The molecule has 12 heteroatoms. The van der Waals surface area contributed by atoms with Crippen LogP contribution < -0.4 is 11.1 Å². The van der Waals surface area contributed by atoms with Crippen LogP contribution in [0, 0.1) is 0 Å². The van der Waals surface area contributed by atoms with Gasteiger partial charge < -0.3 is 11.1 Å². The minimum Gasteiger partial charge on any atom is -0.365 e. The highest BCUT2D eigenvalue weighted by atomic mass is 32.1. The summed E-state index contributed by atoms with van der Waals surface area (Å²) in [5, 5.41) is 0.813. The standard InChI is InChI=1S/C15H15F7N2O2S/c16-13(17,14(18,19)15(20,21)22)12(26)24-11-9(10(23)25)7-5-3-1-2-4-6-8(7)27-11/h1-6H2,(H2,23,25)(H,24,26). The highest BCUT2D eigenvalue weighted by molar-refractivity contribution is 7.17. The Balaban J connectivity index is 2.40. The second-order valence-electron chi connectivity index (χ2n) is 6.09. The third-order valence-corrected chi connectivity index (χ3v) is 5.39. The van der Waals surface area contributed by atoms with Gasteiger partial charge in [-0.2, -0.15) is 30.7 Å². The van der Waals surface area contributed by atoms with Crippen molar-refractivity contribution < 1.29 is 40.3 Å². The number of primary amides is 1. The zero-order chi connectivity index (χ0) is 20.6. The highest BCUT2D eigenvalue weighted by Gasteiger charge is 2.76. The number of nitrogens with one attached hydrogen (secondary N) is 1. The van der Waals surface area contributed by atoms with Crippen LogP contribution in [0.4, 0.5) is 35.7 Å². The Morgan fingerprint density at radius 2 is 1.48 bits per heavy atom. The number of amides is 2. The number of nitrogens with two attached hydrogens (primary N) is 1. The molecule has 1 aliphatic carbocycles. The Labute approximate surface area is 152 Å². The van der Waals surface area contributed by atoms with Gasteiger partial charge in [0.2, 0.25) is 0 Å². The van der Waals surface area contributed by atoms with Crippen molar-refractivity contribution in [3.8, 4) is 0 Å². The van der Waals surface area contributed by atoms with Crippen molar-refractivity contribution in [1.82, 2.24) is 0 Å². The lowest BCUT2D eigenvalue weighted by atomic mass is 9.96. The summed E-state index contributed by atoms with van der Waals surface area (Å²) in [6.07, 6.45) is -2.75. The molecule has 0 spiro atoms. The second kappa shape index (κ2) is 7.28. The Hall–Kier alpha value is -1.85. The molecule has 0 saturated carbocycles. The van der Waals surface area contributed by atoms with E-state index in [0.717, 1.165) is 12.8 Å². The SMILES string of the molecule is NC(=O)c1c(NC(=O)C(F)(F)C(F)(F)C(F)(F)F)sc2c1CCCCCC2. The maximum atomic E-state index is 13.5. The van der Waals surface area contributed by atoms with Gasteiger partial charge in [0.25, 0.3) is 5.91 Å². The molecule has 2 amide bonds. The van der Waals surface area contributed by atoms with Crippen molar-refractivity contribution in [3.05, 3.63) is 16.0 Å². The van der Waals surface area contributed by atoms with E-state index < -0.39 is 34.8 Å². The molecule has 0 aromatic carbocycles. The first-order valence-corrected chi connectivity index (χ1v) is 8.70. The number of aryl methyl sites for hydroxylation is 1. The monoisotopic (exact) mass is 420 g/mol. The van der Waals surface area contributed by atoms with Gasteiger partial charge in [-0.15, -0.1) is 11.3 Å². The molecule has 27 heavy (non-hydrogen) atoms. The number of hydrogen-bond donors (Lipinski definition) is 2. The molecule has 0 radical (unpaired) electrons. The fourth-order valence-electron chi connectivity index (χ4n) is 2.77. The number of halogens is 7. The molecule has 2 rings (SSSR count). The molecule has 1 aromatic heterocycles. The summed E-state index contributed by atoms with van der Waals surface area (Å²) >= 11 is 0.683. The van der Waals surface area contributed by atoms with Crippen LogP contribution in [0.15, 0.2) is 0 Å². The van der Waals surface area contributed by atoms with E-state index in [4.69, 9.17) is 5.73 Å². The molecule has 3 N–H and O–H groups in total. The van der Waals surface area contributed by atoms with Gasteiger partial charge in [-0.3, -0.25) is 9.59 Å². The van der Waals surface area contributed by atoms with Crippen LogP contribution in [0.2, 0.25) is 0 Å². The maximum absolute atomic E-state index is 13.5. The third-order valence-electron chi connectivity index (χ3n) is 4.18. The smallest absolute Gasteiger partial charge is 0.365 e. The Morgan fingerprint density at radius 1 is 0.926 bits per heavy atom. The Bertz CT molecular complexity index is 743. The van der Waals surface area contributed by atoms with Crippen molar-refractivity contribution in [2.24, 2.45) is 5.73 Å². The summed E-state index contributed by atoms with van der Waals surface area (Å²) in [5.74, 6) is -16.6. The third kappa shape index (κ3) is 3.90. The van der Waals surface area contributed by atoms with Gasteiger partial charge in [0.05, 0.1) is 5.56 Å². The lowest BCUT2D eigenvalue weighted by molar-refractivity contribution is -0.343. The number of alkyl halides is 7. The summed E-state index contributed by atoms with van der Waals surface area (Å²) in [6.45, 7) is 0. The zero-order valence-corrected chi connectivity index (χ0v) is 14.5. The average molecular weight is 420 g/mol. The largest absolute Gasteiger partial charge is 0.460 e. The van der Waals surface area contributed by atoms with Crippen molar-refractivity contribution in [2.75, 3.05) is 5.32 Å². The predicted molar refractivity (Wildman–Crippen MR) is 83.3 cm³/mol. The number of carbonyl (C=O) groups excluding carboxylic acids is 2. The predicted octanol–water partition coefficient (Wildman–Crippen LogP) is 4.28. The molecule has 0 fully saturated rings. The summed E-state index contributed by atoms with van der Waals surface area (Å²) in [5.41, 5.74) is 5.30. The summed E-state index contributed by atoms with van der Waals surface area (Å²) < 4.78 is 89.8. The minimum absolute atomic E-state index is 0.323. The van der Waals surface area contributed by atoms with E-state index in [0.29, 0.717) is 47.5 Å². The summed E-state index contributed by atoms with van der Waals surface area (Å²) in [7, 11) is 0. The van der Waals surface area contributed by atoms with Gasteiger partial charge in [-0.1, -0.05) is 12.8 Å². The second-order valence-corrected chi connectivity index (χ2v) is 7.19. The van der Waals surface area contributed by atoms with E-state index in [1.165, 1.54) is 5.32 Å². The lowest BCUT2D eigenvalue weighted by Crippen LogP contribution is -2.57. The summed E-state index contributed by atoms with van der Waals surface area (Å²) in [6, 6.07) is 0. The number of fused-ring (bicyclic) bond motifs is 1. The van der Waals surface area contributed by atoms with Crippen LogP contribution in [0.5, 0.6) is 0 Å². The first kappa shape index (κ1) is 21.5.